The van der Waals surface area contributed by atoms with Crippen LogP contribution in [0.2, 0.25) is 0 Å². The van der Waals surface area contributed by atoms with Crippen LogP contribution in [0, 0.1) is 5.92 Å². The van der Waals surface area contributed by atoms with Gasteiger partial charge in [-0.3, -0.25) is 0 Å². The van der Waals surface area contributed by atoms with E-state index >= 15 is 0 Å². The van der Waals surface area contributed by atoms with Crippen molar-refractivity contribution in [2.75, 3.05) is 6.61 Å². The van der Waals surface area contributed by atoms with Crippen LogP contribution in [0.5, 0.6) is 0 Å². The quantitative estimate of drug-likeness (QED) is 0.423. The highest BCUT2D eigenvalue weighted by molar-refractivity contribution is 5.48. The van der Waals surface area contributed by atoms with Crippen molar-refractivity contribution >= 4 is 6.29 Å². The molecule has 0 bridgehead atoms. The van der Waals surface area contributed by atoms with E-state index in [0.717, 1.165) is 38.1 Å². The molecule has 1 saturated carbocycles. The highest BCUT2D eigenvalue weighted by Gasteiger charge is 2.20. The van der Waals surface area contributed by atoms with Crippen molar-refractivity contribution in [3.05, 3.63) is 0 Å². The molecule has 0 spiro atoms. The molecule has 0 unspecified atom stereocenters. The molecule has 0 saturated heterocycles. The number of carbonyl (C=O) groups excluding carboxylic acids is 1. The molecule has 0 atom stereocenters. The zero-order valence-electron chi connectivity index (χ0n) is 12.0. The smallest absolute Gasteiger partial charge is 0.119 e. The van der Waals surface area contributed by atoms with Crippen LogP contribution in [0.25, 0.3) is 0 Å². The minimum atomic E-state index is 0.522. The number of hydrogen-bond acceptors (Lipinski definition) is 2. The summed E-state index contributed by atoms with van der Waals surface area (Å²) in [5.41, 5.74) is 0. The fourth-order valence-electron chi connectivity index (χ4n) is 2.84. The van der Waals surface area contributed by atoms with Crippen LogP contribution >= 0.6 is 0 Å². The summed E-state index contributed by atoms with van der Waals surface area (Å²) in [6, 6.07) is 0. The van der Waals surface area contributed by atoms with Gasteiger partial charge in [0.15, 0.2) is 0 Å². The molecule has 0 amide bonds. The predicted molar refractivity (Wildman–Crippen MR) is 75.8 cm³/mol. The number of ether oxygens (including phenoxy) is 1. The Morgan fingerprint density at radius 3 is 2.50 bits per heavy atom. The van der Waals surface area contributed by atoms with Gasteiger partial charge >= 0.3 is 0 Å². The lowest BCUT2D eigenvalue weighted by Crippen LogP contribution is -2.22. The summed E-state index contributed by atoms with van der Waals surface area (Å²) in [6.07, 6.45) is 14.9. The second kappa shape index (κ2) is 10.5. The van der Waals surface area contributed by atoms with E-state index in [1.54, 1.807) is 0 Å². The third-order valence-electron chi connectivity index (χ3n) is 4.08. The third-order valence-corrected chi connectivity index (χ3v) is 4.08. The molecule has 0 aliphatic heterocycles. The fourth-order valence-corrected chi connectivity index (χ4v) is 2.84. The molecule has 1 aliphatic rings. The van der Waals surface area contributed by atoms with Crippen LogP contribution in [0.3, 0.4) is 0 Å². The molecule has 1 rings (SSSR count). The minimum absolute atomic E-state index is 0.522. The summed E-state index contributed by atoms with van der Waals surface area (Å²) >= 11 is 0. The van der Waals surface area contributed by atoms with Crippen LogP contribution in [0.1, 0.15) is 77.6 Å². The van der Waals surface area contributed by atoms with E-state index in [4.69, 9.17) is 4.74 Å². The average Bonchev–Trinajstić information content (AvgIpc) is 2.42. The molecule has 0 radical (unpaired) electrons. The molecule has 2 nitrogen and oxygen atoms in total. The first kappa shape index (κ1) is 15.7. The summed E-state index contributed by atoms with van der Waals surface area (Å²) in [4.78, 5) is 10.2. The Hall–Kier alpha value is -0.370. The van der Waals surface area contributed by atoms with Gasteiger partial charge in [-0.15, -0.1) is 0 Å². The average molecular weight is 254 g/mol. The fraction of sp³-hybridized carbons (Fsp3) is 0.938. The molecular weight excluding hydrogens is 224 g/mol. The van der Waals surface area contributed by atoms with Crippen molar-refractivity contribution in [2.24, 2.45) is 5.92 Å². The van der Waals surface area contributed by atoms with Gasteiger partial charge in [-0.2, -0.15) is 0 Å². The summed E-state index contributed by atoms with van der Waals surface area (Å²) in [6.45, 7) is 3.17. The highest BCUT2D eigenvalue weighted by Crippen LogP contribution is 2.29. The number of hydrogen-bond donors (Lipinski definition) is 0. The van der Waals surface area contributed by atoms with Crippen LogP contribution in [-0.4, -0.2) is 19.0 Å². The van der Waals surface area contributed by atoms with E-state index in [-0.39, 0.29) is 0 Å². The van der Waals surface area contributed by atoms with E-state index in [1.165, 1.54) is 44.9 Å². The molecular formula is C16H30O2. The zero-order chi connectivity index (χ0) is 13.1. The van der Waals surface area contributed by atoms with Gasteiger partial charge in [0, 0.05) is 13.0 Å². The summed E-state index contributed by atoms with van der Waals surface area (Å²) in [7, 11) is 0. The maximum atomic E-state index is 10.2. The van der Waals surface area contributed by atoms with Crippen molar-refractivity contribution < 1.29 is 9.53 Å². The minimum Gasteiger partial charge on any atom is -0.378 e. The maximum Gasteiger partial charge on any atom is 0.119 e. The largest absolute Gasteiger partial charge is 0.378 e. The summed E-state index contributed by atoms with van der Waals surface area (Å²) in [5.74, 6) is 0.970. The predicted octanol–water partition coefficient (Wildman–Crippen LogP) is 4.51. The number of aldehydes is 1. The molecule has 106 valence electrons. The van der Waals surface area contributed by atoms with Gasteiger partial charge in [0.1, 0.15) is 6.29 Å². The first-order valence-electron chi connectivity index (χ1n) is 7.92. The van der Waals surface area contributed by atoms with Gasteiger partial charge in [0.05, 0.1) is 6.10 Å². The van der Waals surface area contributed by atoms with E-state index < -0.39 is 0 Å². The lowest BCUT2D eigenvalue weighted by atomic mass is 9.84. The molecule has 0 aromatic heterocycles. The standard InChI is InChI=1S/C16H30O2/c1-2-3-8-15-9-11-16(12-10-15)18-14-7-5-4-6-13-17/h13,15-16H,2-12,14H2,1H3. The Morgan fingerprint density at radius 1 is 1.06 bits per heavy atom. The number of rotatable bonds is 10. The van der Waals surface area contributed by atoms with Crippen LogP contribution in [0.15, 0.2) is 0 Å². The van der Waals surface area contributed by atoms with Gasteiger partial charge in [-0.25, -0.2) is 0 Å². The first-order chi connectivity index (χ1) is 8.86. The molecule has 0 heterocycles. The van der Waals surface area contributed by atoms with Gasteiger partial charge in [-0.05, 0) is 44.4 Å². The lowest BCUT2D eigenvalue weighted by Gasteiger charge is -2.28. The van der Waals surface area contributed by atoms with Gasteiger partial charge in [-0.1, -0.05) is 32.6 Å². The highest BCUT2D eigenvalue weighted by atomic mass is 16.5. The summed E-state index contributed by atoms with van der Waals surface area (Å²) in [5, 5.41) is 0. The first-order valence-corrected chi connectivity index (χ1v) is 7.92. The summed E-state index contributed by atoms with van der Waals surface area (Å²) < 4.78 is 5.93. The second-order valence-corrected chi connectivity index (χ2v) is 5.67. The Bertz CT molecular complexity index is 195. The van der Waals surface area contributed by atoms with E-state index in [2.05, 4.69) is 6.92 Å². The maximum absolute atomic E-state index is 10.2. The van der Waals surface area contributed by atoms with Crippen LogP contribution < -0.4 is 0 Å². The molecule has 18 heavy (non-hydrogen) atoms. The Morgan fingerprint density at radius 2 is 1.83 bits per heavy atom. The molecule has 1 fully saturated rings. The SMILES string of the molecule is CCCCC1CCC(OCCCCCC=O)CC1. The van der Waals surface area contributed by atoms with Crippen molar-refractivity contribution in [3.8, 4) is 0 Å². The van der Waals surface area contributed by atoms with Crippen molar-refractivity contribution in [1.29, 1.82) is 0 Å². The zero-order valence-corrected chi connectivity index (χ0v) is 12.0. The van der Waals surface area contributed by atoms with Gasteiger partial charge < -0.3 is 9.53 Å². The number of unbranched alkanes of at least 4 members (excludes halogenated alkanes) is 4. The van der Waals surface area contributed by atoms with E-state index in [1.807, 2.05) is 0 Å². The molecule has 1 aliphatic carbocycles. The van der Waals surface area contributed by atoms with E-state index in [9.17, 15) is 4.79 Å². The van der Waals surface area contributed by atoms with Crippen molar-refractivity contribution in [1.82, 2.24) is 0 Å². The third kappa shape index (κ3) is 7.15. The van der Waals surface area contributed by atoms with Crippen LogP contribution in [0.4, 0.5) is 0 Å². The lowest BCUT2D eigenvalue weighted by molar-refractivity contribution is -0.107. The Labute approximate surface area is 112 Å². The monoisotopic (exact) mass is 254 g/mol. The molecule has 0 aromatic rings. The second-order valence-electron chi connectivity index (χ2n) is 5.67. The van der Waals surface area contributed by atoms with Crippen molar-refractivity contribution in [3.63, 3.8) is 0 Å². The molecule has 0 aromatic carbocycles. The normalized spacial score (nSPS) is 24.1. The van der Waals surface area contributed by atoms with Crippen LogP contribution in [-0.2, 0) is 9.53 Å². The van der Waals surface area contributed by atoms with Crippen molar-refractivity contribution in [2.45, 2.75) is 83.7 Å². The number of carbonyl (C=O) groups is 1. The Balaban J connectivity index is 1.93. The van der Waals surface area contributed by atoms with Gasteiger partial charge in [0.25, 0.3) is 0 Å². The molecule has 0 N–H and O–H groups in total. The molecule has 2 heteroatoms. The topological polar surface area (TPSA) is 26.3 Å². The van der Waals surface area contributed by atoms with Gasteiger partial charge in [0.2, 0.25) is 0 Å². The Kier molecular flexibility index (Phi) is 9.19. The van der Waals surface area contributed by atoms with E-state index in [0.29, 0.717) is 12.5 Å².